The topological polar surface area (TPSA) is 92.5 Å². The van der Waals surface area contributed by atoms with Crippen LogP contribution in [0.3, 0.4) is 0 Å². The van der Waals surface area contributed by atoms with Gasteiger partial charge in [-0.2, -0.15) is 0 Å². The zero-order chi connectivity index (χ0) is 11.0. The molecule has 1 aromatic rings. The summed E-state index contributed by atoms with van der Waals surface area (Å²) in [4.78, 5) is 20.7. The molecule has 1 aliphatic rings. The molecule has 0 spiro atoms. The van der Waals surface area contributed by atoms with Gasteiger partial charge in [-0.3, -0.25) is 10.1 Å². The first-order valence-electron chi connectivity index (χ1n) is 4.34. The summed E-state index contributed by atoms with van der Waals surface area (Å²) in [7, 11) is 0. The monoisotopic (exact) mass is 208 g/mol. The van der Waals surface area contributed by atoms with Crippen LogP contribution < -0.4 is 5.32 Å². The number of aliphatic carboxylic acids is 1. The van der Waals surface area contributed by atoms with Crippen LogP contribution in [0.1, 0.15) is 5.56 Å². The van der Waals surface area contributed by atoms with Gasteiger partial charge in [-0.05, 0) is 5.56 Å². The third-order valence-corrected chi connectivity index (χ3v) is 2.36. The number of hydrogen-bond donors (Lipinski definition) is 2. The average molecular weight is 208 g/mol. The molecule has 0 fully saturated rings. The van der Waals surface area contributed by atoms with Crippen molar-refractivity contribution >= 4 is 17.3 Å². The van der Waals surface area contributed by atoms with E-state index in [0.717, 1.165) is 5.56 Å². The van der Waals surface area contributed by atoms with E-state index in [-0.39, 0.29) is 5.69 Å². The van der Waals surface area contributed by atoms with Gasteiger partial charge >= 0.3 is 5.97 Å². The summed E-state index contributed by atoms with van der Waals surface area (Å²) < 4.78 is 0. The van der Waals surface area contributed by atoms with Crippen molar-refractivity contribution in [2.24, 2.45) is 0 Å². The van der Waals surface area contributed by atoms with E-state index in [4.69, 9.17) is 5.11 Å². The van der Waals surface area contributed by atoms with E-state index in [1.54, 1.807) is 6.07 Å². The number of anilines is 1. The summed E-state index contributed by atoms with van der Waals surface area (Å²) in [6.45, 7) is 0. The molecule has 2 rings (SSSR count). The molecule has 1 heterocycles. The van der Waals surface area contributed by atoms with Gasteiger partial charge < -0.3 is 10.4 Å². The maximum atomic E-state index is 10.7. The molecule has 0 radical (unpaired) electrons. The number of hydrogen-bond acceptors (Lipinski definition) is 4. The summed E-state index contributed by atoms with van der Waals surface area (Å²) >= 11 is 0. The summed E-state index contributed by atoms with van der Waals surface area (Å²) in [5.74, 6) is -0.950. The van der Waals surface area contributed by atoms with Gasteiger partial charge in [0.05, 0.1) is 4.92 Å². The highest BCUT2D eigenvalue weighted by atomic mass is 16.6. The molecule has 15 heavy (non-hydrogen) atoms. The van der Waals surface area contributed by atoms with Gasteiger partial charge in [0.1, 0.15) is 6.04 Å². The molecule has 1 aromatic carbocycles. The Kier molecular flexibility index (Phi) is 2.03. The number of nitrogens with zero attached hydrogens (tertiary/aromatic N) is 1. The molecule has 0 aliphatic carbocycles. The van der Waals surface area contributed by atoms with Crippen molar-refractivity contribution in [2.45, 2.75) is 12.5 Å². The van der Waals surface area contributed by atoms with Crippen LogP contribution in [0.25, 0.3) is 0 Å². The van der Waals surface area contributed by atoms with Crippen molar-refractivity contribution in [3.05, 3.63) is 33.9 Å². The first-order valence-corrected chi connectivity index (χ1v) is 4.34. The Morgan fingerprint density at radius 3 is 2.93 bits per heavy atom. The minimum Gasteiger partial charge on any atom is -0.480 e. The van der Waals surface area contributed by atoms with Crippen LogP contribution in [0, 0.1) is 10.1 Å². The largest absolute Gasteiger partial charge is 0.480 e. The van der Waals surface area contributed by atoms with Gasteiger partial charge in [0, 0.05) is 24.2 Å². The molecule has 6 nitrogen and oxygen atoms in total. The summed E-state index contributed by atoms with van der Waals surface area (Å²) in [5, 5.41) is 22.0. The SMILES string of the molecule is O=C(O)C1Cc2ccc([N+](=O)[O-])cc2N1. The number of rotatable bonds is 2. The molecule has 78 valence electrons. The fraction of sp³-hybridized carbons (Fsp3) is 0.222. The molecule has 6 heteroatoms. The van der Waals surface area contributed by atoms with E-state index in [0.29, 0.717) is 12.1 Å². The number of carboxylic acids is 1. The van der Waals surface area contributed by atoms with E-state index < -0.39 is 16.9 Å². The second-order valence-corrected chi connectivity index (χ2v) is 3.34. The normalized spacial score (nSPS) is 18.0. The molecule has 0 amide bonds. The predicted octanol–water partition coefficient (Wildman–Crippen LogP) is 1.02. The highest BCUT2D eigenvalue weighted by molar-refractivity contribution is 5.81. The fourth-order valence-electron chi connectivity index (χ4n) is 1.60. The Bertz CT molecular complexity index is 444. The van der Waals surface area contributed by atoms with Crippen LogP contribution in [0.4, 0.5) is 11.4 Å². The lowest BCUT2D eigenvalue weighted by atomic mass is 10.1. The van der Waals surface area contributed by atoms with E-state index in [2.05, 4.69) is 5.32 Å². The first-order chi connectivity index (χ1) is 7.08. The second-order valence-electron chi connectivity index (χ2n) is 3.34. The number of carboxylic acid groups (broad SMARTS) is 1. The molecule has 0 bridgehead atoms. The van der Waals surface area contributed by atoms with Crippen molar-refractivity contribution < 1.29 is 14.8 Å². The van der Waals surface area contributed by atoms with Gasteiger partial charge in [0.25, 0.3) is 5.69 Å². The molecule has 0 saturated carbocycles. The van der Waals surface area contributed by atoms with Crippen molar-refractivity contribution in [3.8, 4) is 0 Å². The lowest BCUT2D eigenvalue weighted by Crippen LogP contribution is -2.26. The van der Waals surface area contributed by atoms with Crippen LogP contribution in [0.15, 0.2) is 18.2 Å². The molecule has 0 saturated heterocycles. The number of nitro groups is 1. The smallest absolute Gasteiger partial charge is 0.326 e. The predicted molar refractivity (Wildman–Crippen MR) is 51.8 cm³/mol. The van der Waals surface area contributed by atoms with E-state index >= 15 is 0 Å². The lowest BCUT2D eigenvalue weighted by Gasteiger charge is -2.03. The maximum Gasteiger partial charge on any atom is 0.326 e. The average Bonchev–Trinajstić information content (AvgIpc) is 2.59. The summed E-state index contributed by atoms with van der Waals surface area (Å²) in [5.41, 5.74) is 1.30. The quantitative estimate of drug-likeness (QED) is 0.559. The van der Waals surface area contributed by atoms with E-state index in [9.17, 15) is 14.9 Å². The Balaban J connectivity index is 2.31. The molecule has 1 aliphatic heterocycles. The number of carbonyl (C=O) groups is 1. The Hall–Kier alpha value is -2.11. The highest BCUT2D eigenvalue weighted by Gasteiger charge is 2.27. The number of non-ortho nitro benzene ring substituents is 1. The lowest BCUT2D eigenvalue weighted by molar-refractivity contribution is -0.384. The number of fused-ring (bicyclic) bond motifs is 1. The first kappa shape index (κ1) is 9.45. The van der Waals surface area contributed by atoms with Crippen LogP contribution in [0.2, 0.25) is 0 Å². The van der Waals surface area contributed by atoms with Crippen LogP contribution in [0.5, 0.6) is 0 Å². The molecule has 0 aromatic heterocycles. The van der Waals surface area contributed by atoms with Gasteiger partial charge in [0.2, 0.25) is 0 Å². The molecule has 1 unspecified atom stereocenters. The fourth-order valence-corrected chi connectivity index (χ4v) is 1.60. The zero-order valence-electron chi connectivity index (χ0n) is 7.64. The van der Waals surface area contributed by atoms with Crippen molar-refractivity contribution in [2.75, 3.05) is 5.32 Å². The van der Waals surface area contributed by atoms with Crippen LogP contribution >= 0.6 is 0 Å². The third kappa shape index (κ3) is 1.61. The standard InChI is InChI=1S/C9H8N2O4/c12-9(13)8-3-5-1-2-6(11(14)15)4-7(5)10-8/h1-2,4,8,10H,3H2,(H,12,13). The summed E-state index contributed by atoms with van der Waals surface area (Å²) in [6.07, 6.45) is 0.364. The highest BCUT2D eigenvalue weighted by Crippen LogP contribution is 2.29. The molecule has 1 atom stereocenters. The van der Waals surface area contributed by atoms with Crippen LogP contribution in [-0.2, 0) is 11.2 Å². The molecular formula is C9H8N2O4. The Morgan fingerprint density at radius 1 is 1.60 bits per heavy atom. The third-order valence-electron chi connectivity index (χ3n) is 2.36. The van der Waals surface area contributed by atoms with Crippen LogP contribution in [-0.4, -0.2) is 22.0 Å². The van der Waals surface area contributed by atoms with Gasteiger partial charge in [0.15, 0.2) is 0 Å². The molecular weight excluding hydrogens is 200 g/mol. The maximum absolute atomic E-state index is 10.7. The number of benzene rings is 1. The minimum absolute atomic E-state index is 0.0349. The van der Waals surface area contributed by atoms with Gasteiger partial charge in [-0.15, -0.1) is 0 Å². The van der Waals surface area contributed by atoms with Crippen molar-refractivity contribution in [3.63, 3.8) is 0 Å². The van der Waals surface area contributed by atoms with Gasteiger partial charge in [-0.25, -0.2) is 4.79 Å². The van der Waals surface area contributed by atoms with E-state index in [1.807, 2.05) is 0 Å². The number of nitrogens with one attached hydrogen (secondary N) is 1. The van der Waals surface area contributed by atoms with Crippen molar-refractivity contribution in [1.82, 2.24) is 0 Å². The second kappa shape index (κ2) is 3.23. The van der Waals surface area contributed by atoms with Crippen molar-refractivity contribution in [1.29, 1.82) is 0 Å². The van der Waals surface area contributed by atoms with Gasteiger partial charge in [-0.1, -0.05) is 6.07 Å². The van der Waals surface area contributed by atoms with E-state index in [1.165, 1.54) is 12.1 Å². The summed E-state index contributed by atoms with van der Waals surface area (Å²) in [6, 6.07) is 3.65. The number of nitro benzene ring substituents is 1. The molecule has 2 N–H and O–H groups in total. The Labute approximate surface area is 84.7 Å². The minimum atomic E-state index is -0.950. The zero-order valence-corrected chi connectivity index (χ0v) is 7.64. The Morgan fingerprint density at radius 2 is 2.33 bits per heavy atom.